The maximum Gasteiger partial charge on any atom is 0.0641 e. The Morgan fingerprint density at radius 1 is 1.67 bits per heavy atom. The van der Waals surface area contributed by atoms with E-state index in [-0.39, 0.29) is 0 Å². The first-order chi connectivity index (χ1) is 7.15. The highest BCUT2D eigenvalue weighted by molar-refractivity contribution is 5.19. The molecule has 0 aromatic carbocycles. The van der Waals surface area contributed by atoms with Crippen molar-refractivity contribution < 1.29 is 0 Å². The molecular formula is C11H18N4. The van der Waals surface area contributed by atoms with E-state index in [0.717, 1.165) is 18.7 Å². The van der Waals surface area contributed by atoms with Crippen LogP contribution in [-0.4, -0.2) is 16.3 Å². The van der Waals surface area contributed by atoms with Crippen LogP contribution in [0.25, 0.3) is 0 Å². The van der Waals surface area contributed by atoms with Gasteiger partial charge in [-0.3, -0.25) is 4.68 Å². The molecule has 1 atom stereocenters. The van der Waals surface area contributed by atoms with Gasteiger partial charge in [0.25, 0.3) is 0 Å². The molecular weight excluding hydrogens is 188 g/mol. The molecule has 15 heavy (non-hydrogen) atoms. The van der Waals surface area contributed by atoms with Gasteiger partial charge in [-0.25, -0.2) is 0 Å². The molecule has 0 saturated carbocycles. The monoisotopic (exact) mass is 206 g/mol. The van der Waals surface area contributed by atoms with Gasteiger partial charge in [-0.2, -0.15) is 10.4 Å². The van der Waals surface area contributed by atoms with Crippen LogP contribution in [0.15, 0.2) is 6.20 Å². The zero-order valence-electron chi connectivity index (χ0n) is 9.62. The lowest BCUT2D eigenvalue weighted by Crippen LogP contribution is -2.20. The van der Waals surface area contributed by atoms with Gasteiger partial charge in [0.1, 0.15) is 0 Å². The number of nitriles is 1. The molecule has 0 aliphatic heterocycles. The second kappa shape index (κ2) is 5.52. The van der Waals surface area contributed by atoms with E-state index in [2.05, 4.69) is 23.4 Å². The summed E-state index contributed by atoms with van der Waals surface area (Å²) in [5.74, 6) is 0. The van der Waals surface area contributed by atoms with Crippen molar-refractivity contribution in [1.29, 1.82) is 5.26 Å². The van der Waals surface area contributed by atoms with E-state index in [9.17, 15) is 0 Å². The topological polar surface area (TPSA) is 53.6 Å². The number of rotatable bonds is 5. The maximum atomic E-state index is 8.40. The number of aromatic nitrogens is 2. The smallest absolute Gasteiger partial charge is 0.0641 e. The summed E-state index contributed by atoms with van der Waals surface area (Å²) in [4.78, 5) is 0. The normalized spacial score (nSPS) is 12.4. The molecule has 82 valence electrons. The highest BCUT2D eigenvalue weighted by Gasteiger charge is 2.10. The number of hydrogen-bond donors (Lipinski definition) is 1. The molecule has 4 nitrogen and oxygen atoms in total. The fourth-order valence-electron chi connectivity index (χ4n) is 1.64. The van der Waals surface area contributed by atoms with E-state index < -0.39 is 0 Å². The van der Waals surface area contributed by atoms with E-state index in [4.69, 9.17) is 5.26 Å². The lowest BCUT2D eigenvalue weighted by atomic mass is 10.1. The standard InChI is InChI=1S/C11H18N4/c1-9(13-7-5-4-6-12)11-8-15(3)14-10(11)2/h8-9,13H,4-5,7H2,1-3H3. The van der Waals surface area contributed by atoms with Crippen LogP contribution in [0.3, 0.4) is 0 Å². The molecule has 0 fully saturated rings. The minimum Gasteiger partial charge on any atom is -0.310 e. The number of hydrogen-bond acceptors (Lipinski definition) is 3. The summed E-state index contributed by atoms with van der Waals surface area (Å²) >= 11 is 0. The fourth-order valence-corrected chi connectivity index (χ4v) is 1.64. The van der Waals surface area contributed by atoms with Crippen molar-refractivity contribution in [3.63, 3.8) is 0 Å². The first-order valence-corrected chi connectivity index (χ1v) is 5.25. The zero-order chi connectivity index (χ0) is 11.3. The van der Waals surface area contributed by atoms with E-state index >= 15 is 0 Å². The third kappa shape index (κ3) is 3.37. The molecule has 1 aromatic heterocycles. The van der Waals surface area contributed by atoms with Crippen LogP contribution in [0.5, 0.6) is 0 Å². The Kier molecular flexibility index (Phi) is 4.32. The molecule has 0 aliphatic carbocycles. The summed E-state index contributed by atoms with van der Waals surface area (Å²) in [5, 5.41) is 16.1. The molecule has 0 amide bonds. The second-order valence-corrected chi connectivity index (χ2v) is 3.78. The molecule has 0 spiro atoms. The van der Waals surface area contributed by atoms with Crippen molar-refractivity contribution >= 4 is 0 Å². The van der Waals surface area contributed by atoms with E-state index in [0.29, 0.717) is 12.5 Å². The summed E-state index contributed by atoms with van der Waals surface area (Å²) in [5.41, 5.74) is 2.30. The highest BCUT2D eigenvalue weighted by atomic mass is 15.3. The Bertz CT molecular complexity index is 348. The van der Waals surface area contributed by atoms with Crippen LogP contribution in [0.1, 0.15) is 37.1 Å². The average Bonchev–Trinajstić information content (AvgIpc) is 2.52. The van der Waals surface area contributed by atoms with Gasteiger partial charge in [-0.15, -0.1) is 0 Å². The van der Waals surface area contributed by atoms with Crippen molar-refractivity contribution in [3.8, 4) is 6.07 Å². The Hall–Kier alpha value is -1.34. The molecule has 0 radical (unpaired) electrons. The predicted octanol–water partition coefficient (Wildman–Crippen LogP) is 1.68. The van der Waals surface area contributed by atoms with E-state index in [1.54, 1.807) is 0 Å². The Morgan fingerprint density at radius 2 is 2.40 bits per heavy atom. The van der Waals surface area contributed by atoms with Crippen LogP contribution in [-0.2, 0) is 7.05 Å². The molecule has 1 N–H and O–H groups in total. The van der Waals surface area contributed by atoms with Gasteiger partial charge in [0.15, 0.2) is 0 Å². The second-order valence-electron chi connectivity index (χ2n) is 3.78. The van der Waals surface area contributed by atoms with E-state index in [1.807, 2.05) is 24.9 Å². The van der Waals surface area contributed by atoms with Crippen molar-refractivity contribution in [3.05, 3.63) is 17.5 Å². The summed E-state index contributed by atoms with van der Waals surface area (Å²) < 4.78 is 1.83. The highest BCUT2D eigenvalue weighted by Crippen LogP contribution is 2.15. The zero-order valence-corrected chi connectivity index (χ0v) is 9.62. The molecule has 1 rings (SSSR count). The SMILES string of the molecule is Cc1nn(C)cc1C(C)NCCCC#N. The van der Waals surface area contributed by atoms with Gasteiger partial charge in [-0.05, 0) is 26.8 Å². The van der Waals surface area contributed by atoms with Crippen LogP contribution >= 0.6 is 0 Å². The van der Waals surface area contributed by atoms with Gasteiger partial charge in [0.2, 0.25) is 0 Å². The molecule has 0 saturated heterocycles. The van der Waals surface area contributed by atoms with Crippen LogP contribution in [0.2, 0.25) is 0 Å². The maximum absolute atomic E-state index is 8.40. The Labute approximate surface area is 90.9 Å². The third-order valence-electron chi connectivity index (χ3n) is 2.43. The lowest BCUT2D eigenvalue weighted by molar-refractivity contribution is 0.560. The number of nitrogens with one attached hydrogen (secondary N) is 1. The minimum absolute atomic E-state index is 0.303. The molecule has 1 heterocycles. The van der Waals surface area contributed by atoms with Crippen LogP contribution < -0.4 is 5.32 Å². The Morgan fingerprint density at radius 3 is 2.93 bits per heavy atom. The number of unbranched alkanes of at least 4 members (excludes halogenated alkanes) is 1. The summed E-state index contributed by atoms with van der Waals surface area (Å²) in [6.07, 6.45) is 3.56. The third-order valence-corrected chi connectivity index (χ3v) is 2.43. The van der Waals surface area contributed by atoms with Gasteiger partial charge in [0, 0.05) is 31.3 Å². The van der Waals surface area contributed by atoms with Crippen molar-refractivity contribution in [2.75, 3.05) is 6.54 Å². The number of nitrogens with zero attached hydrogens (tertiary/aromatic N) is 3. The van der Waals surface area contributed by atoms with Crippen molar-refractivity contribution in [1.82, 2.24) is 15.1 Å². The predicted molar refractivity (Wildman–Crippen MR) is 59.2 cm³/mol. The van der Waals surface area contributed by atoms with Gasteiger partial charge in [-0.1, -0.05) is 0 Å². The molecule has 0 aliphatic rings. The average molecular weight is 206 g/mol. The van der Waals surface area contributed by atoms with Crippen LogP contribution in [0.4, 0.5) is 0 Å². The van der Waals surface area contributed by atoms with Crippen molar-refractivity contribution in [2.24, 2.45) is 7.05 Å². The fraction of sp³-hybridized carbons (Fsp3) is 0.636. The van der Waals surface area contributed by atoms with E-state index in [1.165, 1.54) is 5.56 Å². The molecule has 1 aromatic rings. The number of aryl methyl sites for hydroxylation is 2. The quantitative estimate of drug-likeness (QED) is 0.746. The summed E-state index contributed by atoms with van der Waals surface area (Å²) in [6.45, 7) is 5.02. The summed E-state index contributed by atoms with van der Waals surface area (Å²) in [6, 6.07) is 2.44. The summed E-state index contributed by atoms with van der Waals surface area (Å²) in [7, 11) is 1.93. The molecule has 0 bridgehead atoms. The first kappa shape index (κ1) is 11.7. The van der Waals surface area contributed by atoms with Gasteiger partial charge in [0.05, 0.1) is 11.8 Å². The molecule has 4 heteroatoms. The van der Waals surface area contributed by atoms with Gasteiger partial charge < -0.3 is 5.32 Å². The lowest BCUT2D eigenvalue weighted by Gasteiger charge is -2.11. The Balaban J connectivity index is 2.43. The molecule has 1 unspecified atom stereocenters. The van der Waals surface area contributed by atoms with Crippen LogP contribution in [0, 0.1) is 18.3 Å². The minimum atomic E-state index is 0.303. The largest absolute Gasteiger partial charge is 0.310 e. The van der Waals surface area contributed by atoms with Crippen molar-refractivity contribution in [2.45, 2.75) is 32.7 Å². The van der Waals surface area contributed by atoms with Gasteiger partial charge >= 0.3 is 0 Å². The first-order valence-electron chi connectivity index (χ1n) is 5.25.